The summed E-state index contributed by atoms with van der Waals surface area (Å²) in [4.78, 5) is 36.3. The lowest BCUT2D eigenvalue weighted by Crippen LogP contribution is -2.44. The van der Waals surface area contributed by atoms with Gasteiger partial charge in [-0.25, -0.2) is 0 Å². The van der Waals surface area contributed by atoms with Gasteiger partial charge in [0.25, 0.3) is 0 Å². The fraction of sp³-hybridized carbons (Fsp3) is 0.800. The van der Waals surface area contributed by atoms with Crippen molar-refractivity contribution in [2.24, 2.45) is 5.41 Å². The standard InChI is InChI=1S/C15H26N2O4/c1-15(2,3)14(21)16-9-8-12(18)17(10-13(19)20)11-6-4-5-7-11/h11H,4-10H2,1-3H3,(H,16,21)(H,19,20). The summed E-state index contributed by atoms with van der Waals surface area (Å²) in [6, 6.07) is 0.0342. The Bertz CT molecular complexity index is 395. The zero-order chi connectivity index (χ0) is 16.0. The SMILES string of the molecule is CC(C)(C)C(=O)NCCC(=O)N(CC(=O)O)C1CCCC1. The minimum atomic E-state index is -0.992. The molecule has 0 unspecified atom stereocenters. The Hall–Kier alpha value is -1.59. The fourth-order valence-corrected chi connectivity index (χ4v) is 2.47. The first-order valence-corrected chi connectivity index (χ1v) is 7.51. The highest BCUT2D eigenvalue weighted by Crippen LogP contribution is 2.23. The average Bonchev–Trinajstić information content (AvgIpc) is 2.87. The van der Waals surface area contributed by atoms with Gasteiger partial charge < -0.3 is 15.3 Å². The minimum absolute atomic E-state index is 0.0342. The van der Waals surface area contributed by atoms with Crippen LogP contribution in [0.4, 0.5) is 0 Å². The molecule has 0 bridgehead atoms. The lowest BCUT2D eigenvalue weighted by atomic mass is 9.96. The van der Waals surface area contributed by atoms with Crippen molar-refractivity contribution in [3.63, 3.8) is 0 Å². The zero-order valence-electron chi connectivity index (χ0n) is 13.1. The third kappa shape index (κ3) is 5.73. The summed E-state index contributed by atoms with van der Waals surface area (Å²) in [7, 11) is 0. The Morgan fingerprint density at radius 3 is 2.24 bits per heavy atom. The summed E-state index contributed by atoms with van der Waals surface area (Å²) < 4.78 is 0. The van der Waals surface area contributed by atoms with Gasteiger partial charge in [0.1, 0.15) is 6.54 Å². The van der Waals surface area contributed by atoms with Crippen molar-refractivity contribution in [2.75, 3.05) is 13.1 Å². The lowest BCUT2D eigenvalue weighted by molar-refractivity contribution is -0.146. The van der Waals surface area contributed by atoms with E-state index in [9.17, 15) is 14.4 Å². The molecule has 6 nitrogen and oxygen atoms in total. The van der Waals surface area contributed by atoms with Gasteiger partial charge in [-0.2, -0.15) is 0 Å². The van der Waals surface area contributed by atoms with Gasteiger partial charge in [-0.15, -0.1) is 0 Å². The monoisotopic (exact) mass is 298 g/mol. The maximum Gasteiger partial charge on any atom is 0.323 e. The molecule has 21 heavy (non-hydrogen) atoms. The molecular weight excluding hydrogens is 272 g/mol. The van der Waals surface area contributed by atoms with Crippen LogP contribution in [0.15, 0.2) is 0 Å². The van der Waals surface area contributed by atoms with E-state index >= 15 is 0 Å². The van der Waals surface area contributed by atoms with Gasteiger partial charge in [-0.1, -0.05) is 33.6 Å². The average molecular weight is 298 g/mol. The number of carboxylic acid groups (broad SMARTS) is 1. The molecule has 120 valence electrons. The fourth-order valence-electron chi connectivity index (χ4n) is 2.47. The Morgan fingerprint density at radius 2 is 1.76 bits per heavy atom. The molecule has 1 aliphatic rings. The second-order valence-electron chi connectivity index (χ2n) is 6.61. The van der Waals surface area contributed by atoms with Gasteiger partial charge in [0.15, 0.2) is 0 Å². The van der Waals surface area contributed by atoms with Crippen LogP contribution in [0, 0.1) is 5.41 Å². The van der Waals surface area contributed by atoms with Gasteiger partial charge in [0, 0.05) is 24.4 Å². The van der Waals surface area contributed by atoms with Crippen molar-refractivity contribution in [1.29, 1.82) is 0 Å². The van der Waals surface area contributed by atoms with Gasteiger partial charge in [-0.3, -0.25) is 14.4 Å². The first kappa shape index (κ1) is 17.5. The highest BCUT2D eigenvalue weighted by molar-refractivity contribution is 5.84. The maximum absolute atomic E-state index is 12.2. The summed E-state index contributed by atoms with van der Waals surface area (Å²) in [5.74, 6) is -1.30. The Labute approximate surface area is 125 Å². The molecule has 1 rings (SSSR count). The molecule has 0 aromatic heterocycles. The van der Waals surface area contributed by atoms with E-state index in [1.807, 2.05) is 0 Å². The van der Waals surface area contributed by atoms with E-state index in [1.54, 1.807) is 20.8 Å². The molecular formula is C15H26N2O4. The van der Waals surface area contributed by atoms with Crippen molar-refractivity contribution >= 4 is 17.8 Å². The van der Waals surface area contributed by atoms with Gasteiger partial charge in [-0.05, 0) is 12.8 Å². The summed E-state index contributed by atoms with van der Waals surface area (Å²) in [5, 5.41) is 11.7. The van der Waals surface area contributed by atoms with Crippen molar-refractivity contribution in [1.82, 2.24) is 10.2 Å². The maximum atomic E-state index is 12.2. The van der Waals surface area contributed by atoms with E-state index in [4.69, 9.17) is 5.11 Å². The van der Waals surface area contributed by atoms with Gasteiger partial charge >= 0.3 is 5.97 Å². The van der Waals surface area contributed by atoms with Crippen LogP contribution in [0.2, 0.25) is 0 Å². The molecule has 0 saturated heterocycles. The third-order valence-corrected chi connectivity index (χ3v) is 3.70. The molecule has 0 heterocycles. The predicted octanol–water partition coefficient (Wildman–Crippen LogP) is 1.39. The van der Waals surface area contributed by atoms with Crippen LogP contribution < -0.4 is 5.32 Å². The third-order valence-electron chi connectivity index (χ3n) is 3.70. The number of hydrogen-bond acceptors (Lipinski definition) is 3. The van der Waals surface area contributed by atoms with Crippen LogP contribution in [0.5, 0.6) is 0 Å². The molecule has 1 saturated carbocycles. The molecule has 0 aromatic rings. The summed E-state index contributed by atoms with van der Waals surface area (Å²) >= 11 is 0. The van der Waals surface area contributed by atoms with Crippen LogP contribution in [0.25, 0.3) is 0 Å². The minimum Gasteiger partial charge on any atom is -0.480 e. The quantitative estimate of drug-likeness (QED) is 0.776. The van der Waals surface area contributed by atoms with E-state index < -0.39 is 11.4 Å². The van der Waals surface area contributed by atoms with E-state index in [0.717, 1.165) is 25.7 Å². The first-order chi connectivity index (χ1) is 9.71. The molecule has 0 aromatic carbocycles. The number of carbonyl (C=O) groups is 3. The Kier molecular flexibility index (Phi) is 6.18. The molecule has 0 atom stereocenters. The van der Waals surface area contributed by atoms with E-state index in [0.29, 0.717) is 0 Å². The van der Waals surface area contributed by atoms with E-state index in [1.165, 1.54) is 4.90 Å². The number of carboxylic acids is 1. The molecule has 2 N–H and O–H groups in total. The highest BCUT2D eigenvalue weighted by Gasteiger charge is 2.28. The van der Waals surface area contributed by atoms with Crippen molar-refractivity contribution in [3.05, 3.63) is 0 Å². The molecule has 1 fully saturated rings. The lowest BCUT2D eigenvalue weighted by Gasteiger charge is -2.27. The largest absolute Gasteiger partial charge is 0.480 e. The van der Waals surface area contributed by atoms with Crippen LogP contribution in [-0.4, -0.2) is 46.9 Å². The first-order valence-electron chi connectivity index (χ1n) is 7.51. The zero-order valence-corrected chi connectivity index (χ0v) is 13.1. The normalized spacial score (nSPS) is 15.8. The predicted molar refractivity (Wildman–Crippen MR) is 78.7 cm³/mol. The number of hydrogen-bond donors (Lipinski definition) is 2. The molecule has 2 amide bonds. The Morgan fingerprint density at radius 1 is 1.19 bits per heavy atom. The molecule has 6 heteroatoms. The van der Waals surface area contributed by atoms with Crippen molar-refractivity contribution in [2.45, 2.75) is 58.9 Å². The Balaban J connectivity index is 2.49. The van der Waals surface area contributed by atoms with Gasteiger partial charge in [0.05, 0.1) is 0 Å². The number of nitrogens with one attached hydrogen (secondary N) is 1. The van der Waals surface area contributed by atoms with Gasteiger partial charge in [0.2, 0.25) is 11.8 Å². The molecule has 1 aliphatic carbocycles. The highest BCUT2D eigenvalue weighted by atomic mass is 16.4. The number of amides is 2. The van der Waals surface area contributed by atoms with Crippen LogP contribution in [0.1, 0.15) is 52.9 Å². The van der Waals surface area contributed by atoms with Crippen molar-refractivity contribution < 1.29 is 19.5 Å². The second-order valence-corrected chi connectivity index (χ2v) is 6.61. The summed E-state index contributed by atoms with van der Waals surface area (Å²) in [6.07, 6.45) is 3.95. The number of carbonyl (C=O) groups excluding carboxylic acids is 2. The topological polar surface area (TPSA) is 86.7 Å². The number of rotatable bonds is 6. The molecule has 0 spiro atoms. The second kappa shape index (κ2) is 7.43. The van der Waals surface area contributed by atoms with E-state index in [2.05, 4.69) is 5.32 Å². The molecule has 0 radical (unpaired) electrons. The summed E-state index contributed by atoms with van der Waals surface area (Å²) in [6.45, 7) is 5.41. The number of nitrogens with zero attached hydrogens (tertiary/aromatic N) is 1. The van der Waals surface area contributed by atoms with Crippen molar-refractivity contribution in [3.8, 4) is 0 Å². The van der Waals surface area contributed by atoms with E-state index in [-0.39, 0.29) is 37.4 Å². The van der Waals surface area contributed by atoms with Crippen LogP contribution in [0.3, 0.4) is 0 Å². The van der Waals surface area contributed by atoms with Crippen LogP contribution in [-0.2, 0) is 14.4 Å². The summed E-state index contributed by atoms with van der Waals surface area (Å²) in [5.41, 5.74) is -0.491. The smallest absolute Gasteiger partial charge is 0.323 e. The molecule has 0 aliphatic heterocycles. The number of aliphatic carboxylic acids is 1. The van der Waals surface area contributed by atoms with Crippen LogP contribution >= 0.6 is 0 Å².